The molecule has 1 aromatic carbocycles. The Bertz CT molecular complexity index is 806. The van der Waals surface area contributed by atoms with Gasteiger partial charge in [0.25, 0.3) is 5.91 Å². The number of carbonyl (C=O) groups is 1. The minimum Gasteiger partial charge on any atom is -0.493 e. The molecule has 0 saturated carbocycles. The number of benzene rings is 1. The maximum Gasteiger partial charge on any atom is 0.259 e. The molecule has 1 atom stereocenters. The van der Waals surface area contributed by atoms with Gasteiger partial charge >= 0.3 is 0 Å². The largest absolute Gasteiger partial charge is 0.493 e. The van der Waals surface area contributed by atoms with Crippen molar-refractivity contribution < 1.29 is 9.53 Å². The van der Waals surface area contributed by atoms with Crippen LogP contribution in [-0.4, -0.2) is 74.5 Å². The Labute approximate surface area is 191 Å². The highest BCUT2D eigenvalue weighted by Gasteiger charge is 2.25. The van der Waals surface area contributed by atoms with Crippen LogP contribution < -0.4 is 26.4 Å². The molecule has 0 spiro atoms. The van der Waals surface area contributed by atoms with Crippen LogP contribution in [0.5, 0.6) is 5.75 Å². The van der Waals surface area contributed by atoms with Gasteiger partial charge < -0.3 is 20.4 Å². The van der Waals surface area contributed by atoms with Crippen molar-refractivity contribution in [3.63, 3.8) is 0 Å². The number of hydrogen-bond donors (Lipinski definition) is 5. The van der Waals surface area contributed by atoms with E-state index in [1.807, 2.05) is 26.2 Å². The standard InChI is InChI=1S/C23H37N7O2/c1-17(15-29(2)3)27-28-26-12-8-22(24)30(16-18-6-10-25-11-7-18)23(31)20-4-5-21-19(14-20)9-13-32-21/h4-5,8,12,14,17-18,24-28H,6-7,9-11,13,15-16H2,1-3H3/b12-8-,24-22?. The van der Waals surface area contributed by atoms with Crippen LogP contribution in [0.1, 0.15) is 35.7 Å². The molecule has 0 aliphatic carbocycles. The van der Waals surface area contributed by atoms with E-state index in [2.05, 4.69) is 33.5 Å². The molecule has 2 aliphatic heterocycles. The molecule has 5 N–H and O–H groups in total. The van der Waals surface area contributed by atoms with E-state index in [9.17, 15) is 4.79 Å². The fraction of sp³-hybridized carbons (Fsp3) is 0.565. The average molecular weight is 444 g/mol. The van der Waals surface area contributed by atoms with Crippen molar-refractivity contribution in [1.82, 2.24) is 31.5 Å². The summed E-state index contributed by atoms with van der Waals surface area (Å²) in [5, 5.41) is 12.0. The molecule has 176 valence electrons. The summed E-state index contributed by atoms with van der Waals surface area (Å²) in [5.74, 6) is 1.26. The average Bonchev–Trinajstić information content (AvgIpc) is 3.25. The number of amides is 1. The van der Waals surface area contributed by atoms with Crippen molar-refractivity contribution in [3.05, 3.63) is 41.6 Å². The van der Waals surface area contributed by atoms with Crippen LogP contribution in [0.2, 0.25) is 0 Å². The zero-order chi connectivity index (χ0) is 22.9. The number of piperidine rings is 1. The van der Waals surface area contributed by atoms with E-state index in [1.54, 1.807) is 23.2 Å². The van der Waals surface area contributed by atoms with E-state index in [-0.39, 0.29) is 17.8 Å². The van der Waals surface area contributed by atoms with Gasteiger partial charge in [-0.15, -0.1) is 0 Å². The molecule has 0 bridgehead atoms. The van der Waals surface area contributed by atoms with Crippen LogP contribution in [0.4, 0.5) is 0 Å². The number of carbonyl (C=O) groups excluding carboxylic acids is 1. The smallest absolute Gasteiger partial charge is 0.259 e. The summed E-state index contributed by atoms with van der Waals surface area (Å²) in [6, 6.07) is 5.82. The van der Waals surface area contributed by atoms with Crippen molar-refractivity contribution in [1.29, 1.82) is 5.41 Å². The third kappa shape index (κ3) is 7.03. The number of rotatable bonds is 10. The molecule has 1 aromatic rings. The minimum atomic E-state index is -0.140. The van der Waals surface area contributed by atoms with Crippen molar-refractivity contribution in [2.45, 2.75) is 32.2 Å². The van der Waals surface area contributed by atoms with Gasteiger partial charge in [0, 0.05) is 37.3 Å². The van der Waals surface area contributed by atoms with E-state index in [0.717, 1.165) is 50.2 Å². The normalized spacial score (nSPS) is 17.2. The summed E-state index contributed by atoms with van der Waals surface area (Å²) in [5.41, 5.74) is 10.6. The number of amidine groups is 1. The van der Waals surface area contributed by atoms with E-state index < -0.39 is 0 Å². The predicted octanol–water partition coefficient (Wildman–Crippen LogP) is 1.10. The molecular formula is C23H37N7O2. The molecule has 0 aromatic heterocycles. The van der Waals surface area contributed by atoms with Gasteiger partial charge in [0.15, 0.2) is 0 Å². The summed E-state index contributed by atoms with van der Waals surface area (Å²) in [6.45, 7) is 6.07. The molecule has 2 aliphatic rings. The Balaban J connectivity index is 1.62. The molecule has 9 heteroatoms. The highest BCUT2D eigenvalue weighted by molar-refractivity contribution is 6.09. The number of nitrogens with one attached hydrogen (secondary N) is 5. The fourth-order valence-corrected chi connectivity index (χ4v) is 4.10. The van der Waals surface area contributed by atoms with Crippen molar-refractivity contribution in [3.8, 4) is 5.75 Å². The third-order valence-corrected chi connectivity index (χ3v) is 5.73. The highest BCUT2D eigenvalue weighted by Crippen LogP contribution is 2.27. The lowest BCUT2D eigenvalue weighted by atomic mass is 9.97. The molecule has 9 nitrogen and oxygen atoms in total. The van der Waals surface area contributed by atoms with Gasteiger partial charge in [0.1, 0.15) is 11.6 Å². The summed E-state index contributed by atoms with van der Waals surface area (Å²) >= 11 is 0. The van der Waals surface area contributed by atoms with Gasteiger partial charge in [0.05, 0.1) is 6.61 Å². The number of fused-ring (bicyclic) bond motifs is 1. The lowest BCUT2D eigenvalue weighted by Gasteiger charge is -2.29. The van der Waals surface area contributed by atoms with E-state index in [0.29, 0.717) is 24.6 Å². The Morgan fingerprint density at radius 3 is 2.88 bits per heavy atom. The van der Waals surface area contributed by atoms with Gasteiger partial charge in [-0.2, -0.15) is 5.53 Å². The Morgan fingerprint density at radius 1 is 1.34 bits per heavy atom. The topological polar surface area (TPSA) is 105 Å². The molecule has 1 fully saturated rings. The molecular weight excluding hydrogens is 406 g/mol. The second-order valence-electron chi connectivity index (χ2n) is 8.83. The maximum atomic E-state index is 13.4. The number of hydrogen-bond acceptors (Lipinski definition) is 8. The number of likely N-dealkylation sites (N-methyl/N-ethyl adjacent to an activating group) is 1. The molecule has 32 heavy (non-hydrogen) atoms. The first kappa shape index (κ1) is 24.2. The van der Waals surface area contributed by atoms with Crippen LogP contribution >= 0.6 is 0 Å². The van der Waals surface area contributed by atoms with Gasteiger partial charge in [0.2, 0.25) is 0 Å². The summed E-state index contributed by atoms with van der Waals surface area (Å²) in [4.78, 5) is 17.1. The Morgan fingerprint density at radius 2 is 2.12 bits per heavy atom. The first-order valence-corrected chi connectivity index (χ1v) is 11.4. The Kier molecular flexibility index (Phi) is 9.04. The fourth-order valence-electron chi connectivity index (χ4n) is 4.10. The van der Waals surface area contributed by atoms with Crippen molar-refractivity contribution in [2.24, 2.45) is 5.92 Å². The summed E-state index contributed by atoms with van der Waals surface area (Å²) in [7, 11) is 4.05. The van der Waals surface area contributed by atoms with Crippen LogP contribution in [0, 0.1) is 11.3 Å². The summed E-state index contributed by atoms with van der Waals surface area (Å²) in [6.07, 6.45) is 6.08. The van der Waals surface area contributed by atoms with Crippen LogP contribution in [0.15, 0.2) is 30.5 Å². The van der Waals surface area contributed by atoms with E-state index in [4.69, 9.17) is 10.1 Å². The lowest BCUT2D eigenvalue weighted by Crippen LogP contribution is -2.49. The lowest BCUT2D eigenvalue weighted by molar-refractivity contribution is 0.0823. The first-order chi connectivity index (χ1) is 15.4. The quantitative estimate of drug-likeness (QED) is 0.160. The molecule has 2 heterocycles. The van der Waals surface area contributed by atoms with E-state index in [1.165, 1.54) is 0 Å². The number of ether oxygens (including phenoxy) is 1. The number of nitrogens with zero attached hydrogens (tertiary/aromatic N) is 2. The summed E-state index contributed by atoms with van der Waals surface area (Å²) < 4.78 is 5.57. The minimum absolute atomic E-state index is 0.140. The van der Waals surface area contributed by atoms with Crippen LogP contribution in [0.3, 0.4) is 0 Å². The highest BCUT2D eigenvalue weighted by atomic mass is 16.5. The SMILES string of the molecule is CC(CN(C)C)NNN/C=C\C(=N)N(CC1CCNCC1)C(=O)c1ccc2c(c1)CCO2. The number of hydrazine groups is 2. The Hall–Kier alpha value is -2.46. The zero-order valence-corrected chi connectivity index (χ0v) is 19.4. The van der Waals surface area contributed by atoms with E-state index >= 15 is 0 Å². The maximum absolute atomic E-state index is 13.4. The third-order valence-electron chi connectivity index (χ3n) is 5.73. The zero-order valence-electron chi connectivity index (χ0n) is 19.4. The van der Waals surface area contributed by atoms with Crippen LogP contribution in [0.25, 0.3) is 0 Å². The van der Waals surface area contributed by atoms with Gasteiger partial charge in [-0.3, -0.25) is 15.1 Å². The van der Waals surface area contributed by atoms with Gasteiger partial charge in [-0.25, -0.2) is 5.43 Å². The monoisotopic (exact) mass is 443 g/mol. The molecule has 1 unspecified atom stereocenters. The first-order valence-electron chi connectivity index (χ1n) is 11.4. The van der Waals surface area contributed by atoms with Crippen molar-refractivity contribution >= 4 is 11.7 Å². The van der Waals surface area contributed by atoms with Gasteiger partial charge in [-0.1, -0.05) is 0 Å². The second kappa shape index (κ2) is 12.0. The molecule has 1 saturated heterocycles. The van der Waals surface area contributed by atoms with Crippen LogP contribution in [-0.2, 0) is 6.42 Å². The molecule has 0 radical (unpaired) electrons. The second-order valence-corrected chi connectivity index (χ2v) is 8.83. The molecule has 1 amide bonds. The van der Waals surface area contributed by atoms with Gasteiger partial charge in [-0.05, 0) is 82.7 Å². The van der Waals surface area contributed by atoms with Crippen molar-refractivity contribution in [2.75, 3.05) is 46.9 Å². The molecule has 3 rings (SSSR count). The predicted molar refractivity (Wildman–Crippen MR) is 127 cm³/mol.